The quantitative estimate of drug-likeness (QED) is 0.645. The van der Waals surface area contributed by atoms with E-state index in [0.29, 0.717) is 24.0 Å². The fourth-order valence-electron chi connectivity index (χ4n) is 2.77. The van der Waals surface area contributed by atoms with Gasteiger partial charge < -0.3 is 9.26 Å². The van der Waals surface area contributed by atoms with Gasteiger partial charge in [-0.3, -0.25) is 9.79 Å². The van der Waals surface area contributed by atoms with Gasteiger partial charge in [0.2, 0.25) is 0 Å². The Morgan fingerprint density at radius 2 is 1.68 bits per heavy atom. The monoisotopic (exact) mass is 358 g/mol. The number of hydrogen-bond acceptors (Lipinski definition) is 3. The molecule has 0 aliphatic rings. The first-order chi connectivity index (χ1) is 11.9. The van der Waals surface area contributed by atoms with Gasteiger partial charge in [-0.05, 0) is 35.6 Å². The zero-order valence-corrected chi connectivity index (χ0v) is 14.6. The van der Waals surface area contributed by atoms with E-state index in [0.717, 1.165) is 16.7 Å². The molecule has 0 fully saturated rings. The summed E-state index contributed by atoms with van der Waals surface area (Å²) >= 11 is 0. The SMILES string of the molecule is Cc1c(CCOc2ccccc2)cc2ccccc2c1OP(=O)(O)O. The molecule has 0 aromatic heterocycles. The van der Waals surface area contributed by atoms with Crippen LogP contribution in [0.2, 0.25) is 0 Å². The minimum atomic E-state index is -4.64. The molecule has 6 heteroatoms. The molecular weight excluding hydrogens is 339 g/mol. The molecule has 0 aliphatic heterocycles. The van der Waals surface area contributed by atoms with Gasteiger partial charge in [0, 0.05) is 11.8 Å². The summed E-state index contributed by atoms with van der Waals surface area (Å²) in [7, 11) is -4.64. The Kier molecular flexibility index (Phi) is 5.09. The van der Waals surface area contributed by atoms with Crippen LogP contribution in [0.4, 0.5) is 0 Å². The third-order valence-corrected chi connectivity index (χ3v) is 4.37. The van der Waals surface area contributed by atoms with E-state index in [4.69, 9.17) is 9.26 Å². The molecule has 25 heavy (non-hydrogen) atoms. The fraction of sp³-hybridized carbons (Fsp3) is 0.158. The molecule has 0 radical (unpaired) electrons. The topological polar surface area (TPSA) is 76.0 Å². The Labute approximate surface area is 146 Å². The number of phosphoric acid groups is 1. The minimum absolute atomic E-state index is 0.223. The van der Waals surface area contributed by atoms with E-state index in [-0.39, 0.29) is 5.75 Å². The summed E-state index contributed by atoms with van der Waals surface area (Å²) < 4.78 is 22.1. The molecule has 3 aromatic rings. The normalized spacial score (nSPS) is 11.5. The second-order valence-corrected chi connectivity index (χ2v) is 6.87. The molecule has 0 aliphatic carbocycles. The number of ether oxygens (including phenoxy) is 1. The average Bonchev–Trinajstić information content (AvgIpc) is 2.58. The summed E-state index contributed by atoms with van der Waals surface area (Å²) in [6, 6.07) is 18.9. The molecule has 0 amide bonds. The number of rotatable bonds is 6. The van der Waals surface area contributed by atoms with Crippen LogP contribution in [0.1, 0.15) is 11.1 Å². The number of benzene rings is 3. The summed E-state index contributed by atoms with van der Waals surface area (Å²) in [5, 5.41) is 1.54. The van der Waals surface area contributed by atoms with Crippen molar-refractivity contribution in [2.24, 2.45) is 0 Å². The summed E-state index contributed by atoms with van der Waals surface area (Å²) in [6.45, 7) is 2.26. The van der Waals surface area contributed by atoms with Crippen LogP contribution in [0.3, 0.4) is 0 Å². The van der Waals surface area contributed by atoms with E-state index < -0.39 is 7.82 Å². The first kappa shape index (κ1) is 17.5. The average molecular weight is 358 g/mol. The van der Waals surface area contributed by atoms with Crippen LogP contribution in [-0.4, -0.2) is 16.4 Å². The maximum absolute atomic E-state index is 11.4. The number of para-hydroxylation sites is 1. The van der Waals surface area contributed by atoms with Gasteiger partial charge in [0.15, 0.2) is 0 Å². The summed E-state index contributed by atoms with van der Waals surface area (Å²) in [4.78, 5) is 18.5. The summed E-state index contributed by atoms with van der Waals surface area (Å²) in [6.07, 6.45) is 0.600. The van der Waals surface area contributed by atoms with E-state index in [1.165, 1.54) is 0 Å². The zero-order valence-electron chi connectivity index (χ0n) is 13.8. The highest BCUT2D eigenvalue weighted by Crippen LogP contribution is 2.43. The third-order valence-electron chi connectivity index (χ3n) is 3.95. The zero-order chi connectivity index (χ0) is 17.9. The molecule has 130 valence electrons. The number of hydrogen-bond donors (Lipinski definition) is 2. The molecule has 3 aromatic carbocycles. The standard InChI is InChI=1S/C19H19O5P/c1-14-15(11-12-23-17-8-3-2-4-9-17)13-16-7-5-6-10-18(16)19(14)24-25(20,21)22/h2-10,13H,11-12H2,1H3,(H2,20,21,22). The smallest absolute Gasteiger partial charge is 0.493 e. The molecule has 5 nitrogen and oxygen atoms in total. The molecule has 0 heterocycles. The van der Waals surface area contributed by atoms with Crippen LogP contribution < -0.4 is 9.26 Å². The largest absolute Gasteiger partial charge is 0.524 e. The minimum Gasteiger partial charge on any atom is -0.493 e. The van der Waals surface area contributed by atoms with Crippen molar-refractivity contribution in [2.75, 3.05) is 6.61 Å². The molecule has 3 rings (SSSR count). The van der Waals surface area contributed by atoms with Crippen molar-refractivity contribution in [3.8, 4) is 11.5 Å². The predicted molar refractivity (Wildman–Crippen MR) is 97.0 cm³/mol. The Morgan fingerprint density at radius 1 is 1.00 bits per heavy atom. The van der Waals surface area contributed by atoms with Crippen molar-refractivity contribution in [1.82, 2.24) is 0 Å². The lowest BCUT2D eigenvalue weighted by molar-refractivity contribution is 0.283. The highest BCUT2D eigenvalue weighted by atomic mass is 31.2. The first-order valence-corrected chi connectivity index (χ1v) is 9.41. The van der Waals surface area contributed by atoms with Crippen LogP contribution in [0.25, 0.3) is 10.8 Å². The van der Waals surface area contributed by atoms with Crippen LogP contribution in [0.15, 0.2) is 60.7 Å². The Bertz CT molecular complexity index is 918. The van der Waals surface area contributed by atoms with Gasteiger partial charge in [-0.15, -0.1) is 0 Å². The molecule has 0 saturated heterocycles. The lowest BCUT2D eigenvalue weighted by atomic mass is 9.98. The van der Waals surface area contributed by atoms with Crippen molar-refractivity contribution in [3.63, 3.8) is 0 Å². The number of fused-ring (bicyclic) bond motifs is 1. The molecule has 2 N–H and O–H groups in total. The van der Waals surface area contributed by atoms with Crippen molar-refractivity contribution < 1.29 is 23.6 Å². The van der Waals surface area contributed by atoms with Gasteiger partial charge in [0.25, 0.3) is 0 Å². The second-order valence-electron chi connectivity index (χ2n) is 5.70. The van der Waals surface area contributed by atoms with E-state index in [1.807, 2.05) is 54.6 Å². The molecular formula is C19H19O5P. The lowest BCUT2D eigenvalue weighted by Crippen LogP contribution is -2.04. The van der Waals surface area contributed by atoms with Crippen LogP contribution in [-0.2, 0) is 11.0 Å². The highest BCUT2D eigenvalue weighted by molar-refractivity contribution is 7.46. The maximum atomic E-state index is 11.4. The first-order valence-electron chi connectivity index (χ1n) is 7.88. The van der Waals surface area contributed by atoms with E-state index in [2.05, 4.69) is 0 Å². The molecule has 0 saturated carbocycles. The Hall–Kier alpha value is -2.33. The van der Waals surface area contributed by atoms with Crippen LogP contribution >= 0.6 is 7.82 Å². The third kappa shape index (κ3) is 4.40. The van der Waals surface area contributed by atoms with Gasteiger partial charge in [-0.2, -0.15) is 0 Å². The fourth-order valence-corrected chi connectivity index (χ4v) is 3.24. The van der Waals surface area contributed by atoms with Crippen molar-refractivity contribution in [1.29, 1.82) is 0 Å². The molecule has 0 bridgehead atoms. The summed E-state index contributed by atoms with van der Waals surface area (Å²) in [5.41, 5.74) is 1.64. The maximum Gasteiger partial charge on any atom is 0.524 e. The molecule has 0 unspecified atom stereocenters. The Morgan fingerprint density at radius 3 is 2.40 bits per heavy atom. The van der Waals surface area contributed by atoms with E-state index in [9.17, 15) is 14.4 Å². The van der Waals surface area contributed by atoms with Crippen molar-refractivity contribution >= 4 is 18.6 Å². The van der Waals surface area contributed by atoms with Gasteiger partial charge in [0.1, 0.15) is 11.5 Å². The predicted octanol–water partition coefficient (Wildman–Crippen LogP) is 4.24. The van der Waals surface area contributed by atoms with Gasteiger partial charge in [0.05, 0.1) is 6.61 Å². The van der Waals surface area contributed by atoms with Gasteiger partial charge >= 0.3 is 7.82 Å². The molecule has 0 spiro atoms. The Balaban J connectivity index is 1.89. The highest BCUT2D eigenvalue weighted by Gasteiger charge is 2.21. The number of phosphoric ester groups is 1. The van der Waals surface area contributed by atoms with Crippen LogP contribution in [0, 0.1) is 6.92 Å². The van der Waals surface area contributed by atoms with Crippen molar-refractivity contribution in [3.05, 3.63) is 71.8 Å². The summed E-state index contributed by atoms with van der Waals surface area (Å²) in [5.74, 6) is 1.01. The van der Waals surface area contributed by atoms with Crippen LogP contribution in [0.5, 0.6) is 11.5 Å². The van der Waals surface area contributed by atoms with E-state index >= 15 is 0 Å². The molecule has 0 atom stereocenters. The van der Waals surface area contributed by atoms with Crippen molar-refractivity contribution in [2.45, 2.75) is 13.3 Å². The van der Waals surface area contributed by atoms with E-state index in [1.54, 1.807) is 13.0 Å². The lowest BCUT2D eigenvalue weighted by Gasteiger charge is -2.16. The second kappa shape index (κ2) is 7.28. The van der Waals surface area contributed by atoms with Gasteiger partial charge in [-0.25, -0.2) is 4.57 Å². The van der Waals surface area contributed by atoms with Gasteiger partial charge in [-0.1, -0.05) is 48.5 Å².